The van der Waals surface area contributed by atoms with Gasteiger partial charge in [0, 0.05) is 12.0 Å². The molecular formula is C19H18N4O2. The van der Waals surface area contributed by atoms with Crippen LogP contribution in [0.15, 0.2) is 53.1 Å². The third-order valence-electron chi connectivity index (χ3n) is 4.53. The molecule has 1 unspecified atom stereocenters. The molecular weight excluding hydrogens is 316 g/mol. The van der Waals surface area contributed by atoms with Gasteiger partial charge in [0.05, 0.1) is 6.20 Å². The molecule has 0 aliphatic carbocycles. The number of rotatable bonds is 3. The minimum Gasteiger partial charge on any atom is -0.454 e. The van der Waals surface area contributed by atoms with E-state index in [4.69, 9.17) is 9.15 Å². The van der Waals surface area contributed by atoms with Gasteiger partial charge in [-0.05, 0) is 43.5 Å². The van der Waals surface area contributed by atoms with Crippen molar-refractivity contribution in [3.63, 3.8) is 0 Å². The number of fused-ring (bicyclic) bond motifs is 2. The summed E-state index contributed by atoms with van der Waals surface area (Å²) < 4.78 is 13.5. The Bertz CT molecular complexity index is 997. The van der Waals surface area contributed by atoms with E-state index in [9.17, 15) is 0 Å². The molecule has 4 heterocycles. The molecule has 6 nitrogen and oxygen atoms in total. The second-order valence-electron chi connectivity index (χ2n) is 6.28. The molecule has 1 aliphatic rings. The molecule has 0 spiro atoms. The number of imidazole rings is 1. The fraction of sp³-hybridized carbons (Fsp3) is 0.263. The van der Waals surface area contributed by atoms with Gasteiger partial charge in [-0.25, -0.2) is 9.50 Å². The van der Waals surface area contributed by atoms with Gasteiger partial charge in [-0.1, -0.05) is 18.2 Å². The van der Waals surface area contributed by atoms with Crippen LogP contribution in [0.1, 0.15) is 19.3 Å². The zero-order valence-electron chi connectivity index (χ0n) is 13.7. The van der Waals surface area contributed by atoms with Gasteiger partial charge in [0.25, 0.3) is 0 Å². The largest absolute Gasteiger partial charge is 0.454 e. The van der Waals surface area contributed by atoms with Crippen LogP contribution in [-0.4, -0.2) is 27.4 Å². The van der Waals surface area contributed by atoms with Crippen molar-refractivity contribution in [1.82, 2.24) is 14.6 Å². The van der Waals surface area contributed by atoms with Gasteiger partial charge in [-0.15, -0.1) is 5.10 Å². The summed E-state index contributed by atoms with van der Waals surface area (Å²) in [6.07, 6.45) is 5.12. The van der Waals surface area contributed by atoms with Crippen molar-refractivity contribution in [3.8, 4) is 11.5 Å². The van der Waals surface area contributed by atoms with Crippen LogP contribution in [0.3, 0.4) is 0 Å². The molecule has 1 aliphatic heterocycles. The summed E-state index contributed by atoms with van der Waals surface area (Å²) in [5.74, 6) is 1.53. The Morgan fingerprint density at radius 2 is 2.08 bits per heavy atom. The number of anilines is 1. The lowest BCUT2D eigenvalue weighted by Gasteiger charge is -2.23. The maximum absolute atomic E-state index is 5.96. The quantitative estimate of drug-likeness (QED) is 0.611. The van der Waals surface area contributed by atoms with Crippen LogP contribution in [0.5, 0.6) is 0 Å². The molecule has 0 amide bonds. The van der Waals surface area contributed by atoms with E-state index in [1.165, 1.54) is 6.42 Å². The molecule has 0 saturated carbocycles. The Balaban J connectivity index is 1.53. The number of hydrogen-bond donors (Lipinski definition) is 1. The molecule has 6 heteroatoms. The number of benzene rings is 1. The first kappa shape index (κ1) is 14.5. The predicted octanol–water partition coefficient (Wildman–Crippen LogP) is 4.08. The second-order valence-corrected chi connectivity index (χ2v) is 6.28. The number of nitrogens with zero attached hydrogens (tertiary/aromatic N) is 3. The number of ether oxygens (including phenoxy) is 1. The van der Waals surface area contributed by atoms with E-state index in [0.29, 0.717) is 0 Å². The fourth-order valence-electron chi connectivity index (χ4n) is 3.25. The average Bonchev–Trinajstić information content (AvgIpc) is 3.25. The summed E-state index contributed by atoms with van der Waals surface area (Å²) >= 11 is 0. The van der Waals surface area contributed by atoms with Crippen LogP contribution in [0.25, 0.3) is 28.1 Å². The van der Waals surface area contributed by atoms with E-state index in [2.05, 4.69) is 15.4 Å². The minimum absolute atomic E-state index is 0.0249. The van der Waals surface area contributed by atoms with Crippen molar-refractivity contribution in [2.45, 2.75) is 25.5 Å². The second kappa shape index (κ2) is 5.89. The van der Waals surface area contributed by atoms with Crippen molar-refractivity contribution in [2.24, 2.45) is 0 Å². The monoisotopic (exact) mass is 334 g/mol. The third kappa shape index (κ3) is 2.64. The van der Waals surface area contributed by atoms with Crippen LogP contribution in [0.4, 0.5) is 5.82 Å². The molecule has 1 aromatic carbocycles. The molecule has 1 saturated heterocycles. The van der Waals surface area contributed by atoms with Crippen molar-refractivity contribution >= 4 is 22.4 Å². The number of aromatic nitrogens is 3. The lowest BCUT2D eigenvalue weighted by molar-refractivity contribution is 0.0340. The van der Waals surface area contributed by atoms with Crippen molar-refractivity contribution in [2.75, 3.05) is 11.9 Å². The van der Waals surface area contributed by atoms with Gasteiger partial charge in [0.1, 0.15) is 23.3 Å². The summed E-state index contributed by atoms with van der Waals surface area (Å²) in [6.45, 7) is 0.801. The highest BCUT2D eigenvalue weighted by atomic mass is 16.5. The van der Waals surface area contributed by atoms with Gasteiger partial charge < -0.3 is 14.5 Å². The summed E-state index contributed by atoms with van der Waals surface area (Å²) in [5.41, 5.74) is 2.47. The highest BCUT2D eigenvalue weighted by molar-refractivity contribution is 5.82. The maximum atomic E-state index is 5.96. The zero-order valence-corrected chi connectivity index (χ0v) is 13.7. The van der Waals surface area contributed by atoms with Crippen molar-refractivity contribution in [3.05, 3.63) is 48.7 Å². The van der Waals surface area contributed by atoms with Gasteiger partial charge >= 0.3 is 0 Å². The van der Waals surface area contributed by atoms with E-state index in [1.807, 2.05) is 47.0 Å². The van der Waals surface area contributed by atoms with E-state index < -0.39 is 0 Å². The van der Waals surface area contributed by atoms with Crippen molar-refractivity contribution in [1.29, 1.82) is 0 Å². The number of para-hydroxylation sites is 1. The van der Waals surface area contributed by atoms with Crippen molar-refractivity contribution < 1.29 is 9.15 Å². The van der Waals surface area contributed by atoms with Crippen LogP contribution in [0.2, 0.25) is 0 Å². The van der Waals surface area contributed by atoms with Gasteiger partial charge in [0.15, 0.2) is 11.4 Å². The molecule has 25 heavy (non-hydrogen) atoms. The molecule has 0 bridgehead atoms. The number of hydrogen-bond acceptors (Lipinski definition) is 5. The lowest BCUT2D eigenvalue weighted by Crippen LogP contribution is -2.27. The summed E-state index contributed by atoms with van der Waals surface area (Å²) in [7, 11) is 0. The Morgan fingerprint density at radius 3 is 2.96 bits per heavy atom. The van der Waals surface area contributed by atoms with Gasteiger partial charge in [0.2, 0.25) is 0 Å². The van der Waals surface area contributed by atoms with E-state index in [-0.39, 0.29) is 6.23 Å². The first-order valence-electron chi connectivity index (χ1n) is 8.59. The lowest BCUT2D eigenvalue weighted by atomic mass is 10.2. The van der Waals surface area contributed by atoms with Crippen LogP contribution >= 0.6 is 0 Å². The maximum Gasteiger partial charge on any atom is 0.155 e. The SMILES string of the molecule is c1ccc2oc(-c3cnc4ccc(NC5CCCCO5)nn34)cc2c1. The Kier molecular flexibility index (Phi) is 3.41. The van der Waals surface area contributed by atoms with Crippen LogP contribution in [0, 0.1) is 0 Å². The highest BCUT2D eigenvalue weighted by Crippen LogP contribution is 2.28. The van der Waals surface area contributed by atoms with Crippen LogP contribution < -0.4 is 5.32 Å². The fourth-order valence-corrected chi connectivity index (χ4v) is 3.25. The summed E-state index contributed by atoms with van der Waals surface area (Å²) in [4.78, 5) is 4.43. The van der Waals surface area contributed by atoms with Gasteiger partial charge in [-0.2, -0.15) is 0 Å². The molecule has 4 aromatic rings. The third-order valence-corrected chi connectivity index (χ3v) is 4.53. The minimum atomic E-state index is 0.0249. The topological polar surface area (TPSA) is 64.6 Å². The van der Waals surface area contributed by atoms with E-state index in [0.717, 1.165) is 53.3 Å². The normalized spacial score (nSPS) is 18.0. The van der Waals surface area contributed by atoms with E-state index >= 15 is 0 Å². The Morgan fingerprint density at radius 1 is 1.12 bits per heavy atom. The summed E-state index contributed by atoms with van der Waals surface area (Å²) in [6, 6.07) is 13.9. The number of nitrogens with one attached hydrogen (secondary N) is 1. The van der Waals surface area contributed by atoms with Gasteiger partial charge in [-0.3, -0.25) is 0 Å². The molecule has 3 aromatic heterocycles. The highest BCUT2D eigenvalue weighted by Gasteiger charge is 2.16. The first-order valence-corrected chi connectivity index (χ1v) is 8.59. The predicted molar refractivity (Wildman–Crippen MR) is 95.4 cm³/mol. The molecule has 1 fully saturated rings. The first-order chi connectivity index (χ1) is 12.4. The number of furan rings is 1. The zero-order chi connectivity index (χ0) is 16.6. The average molecular weight is 334 g/mol. The molecule has 5 rings (SSSR count). The Hall–Kier alpha value is -2.86. The molecule has 1 N–H and O–H groups in total. The summed E-state index contributed by atoms with van der Waals surface area (Å²) in [5, 5.41) is 9.10. The molecule has 1 atom stereocenters. The smallest absolute Gasteiger partial charge is 0.155 e. The van der Waals surface area contributed by atoms with E-state index in [1.54, 1.807) is 6.20 Å². The standard InChI is InChI=1S/C19H18N4O2/c1-2-6-15-13(5-1)11-16(25-15)14-12-20-18-9-8-17(22-23(14)18)21-19-7-3-4-10-24-19/h1-2,5-6,8-9,11-12,19H,3-4,7,10H2,(H,21,22). The Labute approximate surface area is 144 Å². The molecule has 0 radical (unpaired) electrons. The molecule has 126 valence electrons. The van der Waals surface area contributed by atoms with Crippen LogP contribution in [-0.2, 0) is 4.74 Å².